The van der Waals surface area contributed by atoms with E-state index >= 15 is 0 Å². The number of hydrogen-bond donors (Lipinski definition) is 2. The number of nitrogens with one attached hydrogen (secondary N) is 2. The van der Waals surface area contributed by atoms with Gasteiger partial charge in [-0.1, -0.05) is 45.2 Å². The van der Waals surface area contributed by atoms with E-state index in [0.717, 1.165) is 10.0 Å². The fraction of sp³-hybridized carbons (Fsp3) is 0.0833. The Morgan fingerprint density at radius 1 is 1.33 bits per heavy atom. The van der Waals surface area contributed by atoms with Gasteiger partial charge in [0, 0.05) is 10.2 Å². The van der Waals surface area contributed by atoms with Crippen molar-refractivity contribution < 1.29 is 4.79 Å². The minimum atomic E-state index is -0.292. The molecule has 0 aliphatic heterocycles. The van der Waals surface area contributed by atoms with Gasteiger partial charge in [-0.05, 0) is 30.7 Å². The molecule has 1 heterocycles. The van der Waals surface area contributed by atoms with Gasteiger partial charge in [-0.15, -0.1) is 0 Å². The molecule has 18 heavy (non-hydrogen) atoms. The molecule has 3 nitrogen and oxygen atoms in total. The second-order valence-electron chi connectivity index (χ2n) is 3.76. The van der Waals surface area contributed by atoms with E-state index in [4.69, 9.17) is 23.2 Å². The Morgan fingerprint density at radius 3 is 2.61 bits per heavy atom. The summed E-state index contributed by atoms with van der Waals surface area (Å²) in [5, 5.41) is 3.33. The number of hydrogen-bond acceptors (Lipinski definition) is 1. The normalized spacial score (nSPS) is 10.4. The molecule has 0 radical (unpaired) electrons. The second kappa shape index (κ2) is 5.34. The smallest absolute Gasteiger partial charge is 0.272 e. The first-order chi connectivity index (χ1) is 8.47. The largest absolute Gasteiger partial charge is 0.340 e. The average molecular weight is 348 g/mol. The summed E-state index contributed by atoms with van der Waals surface area (Å²) in [6.07, 6.45) is 0. The maximum atomic E-state index is 11.9. The summed E-state index contributed by atoms with van der Waals surface area (Å²) in [6.45, 7) is 1.97. The van der Waals surface area contributed by atoms with E-state index in [1.165, 1.54) is 6.07 Å². The molecule has 0 aliphatic carbocycles. The maximum absolute atomic E-state index is 11.9. The van der Waals surface area contributed by atoms with Gasteiger partial charge in [-0.25, -0.2) is 0 Å². The van der Waals surface area contributed by atoms with Crippen LogP contribution < -0.4 is 5.32 Å². The standard InChI is InChI=1S/C12H9BrCl2N2O/c1-6-2-3-7(4-8(6)13)16-12(18)10-5-9(14)11(15)17-10/h2-5,17H,1H3,(H,16,18). The number of halogens is 3. The molecule has 0 aliphatic rings. The molecule has 0 spiro atoms. The number of carbonyl (C=O) groups is 1. The average Bonchev–Trinajstić information content (AvgIpc) is 2.65. The van der Waals surface area contributed by atoms with Gasteiger partial charge in [0.05, 0.1) is 5.02 Å². The molecule has 0 unspecified atom stereocenters. The molecule has 2 rings (SSSR count). The first kappa shape index (κ1) is 13.5. The highest BCUT2D eigenvalue weighted by atomic mass is 79.9. The van der Waals surface area contributed by atoms with Gasteiger partial charge >= 0.3 is 0 Å². The Kier molecular flexibility index (Phi) is 4.00. The number of anilines is 1. The minimum absolute atomic E-state index is 0.256. The van der Waals surface area contributed by atoms with Crippen LogP contribution in [0.2, 0.25) is 10.2 Å². The number of rotatable bonds is 2. The highest BCUT2D eigenvalue weighted by Gasteiger charge is 2.12. The second-order valence-corrected chi connectivity index (χ2v) is 5.40. The third kappa shape index (κ3) is 2.88. The highest BCUT2D eigenvalue weighted by Crippen LogP contribution is 2.24. The lowest BCUT2D eigenvalue weighted by atomic mass is 10.2. The Morgan fingerprint density at radius 2 is 2.06 bits per heavy atom. The molecular weight excluding hydrogens is 339 g/mol. The number of aromatic nitrogens is 1. The Bertz CT molecular complexity index is 591. The first-order valence-corrected chi connectivity index (χ1v) is 6.64. The van der Waals surface area contributed by atoms with Gasteiger partial charge in [0.1, 0.15) is 10.8 Å². The Hall–Kier alpha value is -0.970. The fourth-order valence-corrected chi connectivity index (χ4v) is 2.09. The van der Waals surface area contributed by atoms with Crippen LogP contribution in [0.3, 0.4) is 0 Å². The number of aromatic amines is 1. The van der Waals surface area contributed by atoms with Crippen LogP contribution in [-0.2, 0) is 0 Å². The molecular formula is C12H9BrCl2N2O. The summed E-state index contributed by atoms with van der Waals surface area (Å²) in [6, 6.07) is 7.06. The van der Waals surface area contributed by atoms with E-state index in [0.29, 0.717) is 16.4 Å². The predicted molar refractivity (Wildman–Crippen MR) is 77.6 cm³/mol. The molecule has 1 amide bonds. The van der Waals surface area contributed by atoms with Crippen molar-refractivity contribution in [2.75, 3.05) is 5.32 Å². The van der Waals surface area contributed by atoms with E-state index < -0.39 is 0 Å². The van der Waals surface area contributed by atoms with Crippen molar-refractivity contribution in [3.8, 4) is 0 Å². The summed E-state index contributed by atoms with van der Waals surface area (Å²) in [7, 11) is 0. The highest BCUT2D eigenvalue weighted by molar-refractivity contribution is 9.10. The molecule has 0 saturated carbocycles. The number of aryl methyl sites for hydroxylation is 1. The summed E-state index contributed by atoms with van der Waals surface area (Å²) in [4.78, 5) is 14.6. The summed E-state index contributed by atoms with van der Waals surface area (Å²) >= 11 is 14.9. The van der Waals surface area contributed by atoms with Crippen LogP contribution >= 0.6 is 39.1 Å². The minimum Gasteiger partial charge on any atom is -0.340 e. The van der Waals surface area contributed by atoms with Crippen LogP contribution in [0.1, 0.15) is 16.1 Å². The number of H-pyrrole nitrogens is 1. The molecule has 6 heteroatoms. The lowest BCUT2D eigenvalue weighted by molar-refractivity contribution is 0.102. The Labute approximate surface area is 123 Å². The molecule has 1 aromatic heterocycles. The van der Waals surface area contributed by atoms with Crippen molar-refractivity contribution >= 4 is 50.7 Å². The SMILES string of the molecule is Cc1ccc(NC(=O)c2cc(Cl)c(Cl)[nH]2)cc1Br. The van der Waals surface area contributed by atoms with Crippen LogP contribution in [0.25, 0.3) is 0 Å². The molecule has 2 aromatic rings. The van der Waals surface area contributed by atoms with E-state index in [9.17, 15) is 4.79 Å². The zero-order chi connectivity index (χ0) is 13.3. The topological polar surface area (TPSA) is 44.9 Å². The van der Waals surface area contributed by atoms with E-state index in [2.05, 4.69) is 26.2 Å². The molecule has 2 N–H and O–H groups in total. The summed E-state index contributed by atoms with van der Waals surface area (Å²) < 4.78 is 0.933. The van der Waals surface area contributed by atoms with E-state index in [1.54, 1.807) is 0 Å². The van der Waals surface area contributed by atoms with Crippen molar-refractivity contribution in [3.05, 3.63) is 50.2 Å². The lowest BCUT2D eigenvalue weighted by Gasteiger charge is -2.05. The third-order valence-electron chi connectivity index (χ3n) is 2.40. The van der Waals surface area contributed by atoms with Crippen molar-refractivity contribution in [2.24, 2.45) is 0 Å². The van der Waals surface area contributed by atoms with Gasteiger partial charge in [0.15, 0.2) is 0 Å². The van der Waals surface area contributed by atoms with Crippen LogP contribution in [0.4, 0.5) is 5.69 Å². The van der Waals surface area contributed by atoms with E-state index in [1.807, 2.05) is 25.1 Å². The van der Waals surface area contributed by atoms with Gasteiger partial charge < -0.3 is 10.3 Å². The molecule has 1 aromatic carbocycles. The zero-order valence-corrected chi connectivity index (χ0v) is 12.4. The van der Waals surface area contributed by atoms with E-state index in [-0.39, 0.29) is 11.1 Å². The summed E-state index contributed by atoms with van der Waals surface area (Å²) in [5.41, 5.74) is 2.11. The third-order valence-corrected chi connectivity index (χ3v) is 3.95. The molecule has 0 atom stereocenters. The van der Waals surface area contributed by atoms with Crippen molar-refractivity contribution in [1.29, 1.82) is 0 Å². The van der Waals surface area contributed by atoms with Crippen molar-refractivity contribution in [2.45, 2.75) is 6.92 Å². The number of carbonyl (C=O) groups excluding carboxylic acids is 1. The van der Waals surface area contributed by atoms with Crippen molar-refractivity contribution in [1.82, 2.24) is 4.98 Å². The van der Waals surface area contributed by atoms with Gasteiger partial charge in [-0.2, -0.15) is 0 Å². The molecule has 0 fully saturated rings. The zero-order valence-electron chi connectivity index (χ0n) is 9.35. The van der Waals surface area contributed by atoms with Crippen molar-refractivity contribution in [3.63, 3.8) is 0 Å². The van der Waals surface area contributed by atoms with Gasteiger partial charge in [0.25, 0.3) is 5.91 Å². The van der Waals surface area contributed by atoms with Crippen LogP contribution in [0.5, 0.6) is 0 Å². The molecule has 94 valence electrons. The van der Waals surface area contributed by atoms with Crippen LogP contribution in [0, 0.1) is 6.92 Å². The van der Waals surface area contributed by atoms with Gasteiger partial charge in [0.2, 0.25) is 0 Å². The number of benzene rings is 1. The maximum Gasteiger partial charge on any atom is 0.272 e. The quantitative estimate of drug-likeness (QED) is 0.816. The monoisotopic (exact) mass is 346 g/mol. The Balaban J connectivity index is 2.18. The number of amides is 1. The predicted octanol–water partition coefficient (Wildman–Crippen LogP) is 4.64. The van der Waals surface area contributed by atoms with Crippen LogP contribution in [0.15, 0.2) is 28.7 Å². The van der Waals surface area contributed by atoms with Gasteiger partial charge in [-0.3, -0.25) is 4.79 Å². The van der Waals surface area contributed by atoms with Crippen LogP contribution in [-0.4, -0.2) is 10.9 Å². The first-order valence-electron chi connectivity index (χ1n) is 5.09. The lowest BCUT2D eigenvalue weighted by Crippen LogP contribution is -2.12. The fourth-order valence-electron chi connectivity index (χ4n) is 1.40. The molecule has 0 saturated heterocycles. The summed E-state index contributed by atoms with van der Waals surface area (Å²) in [5.74, 6) is -0.292. The molecule has 0 bridgehead atoms.